The third-order valence-corrected chi connectivity index (χ3v) is 6.10. The molecule has 3 aromatic rings. The second kappa shape index (κ2) is 9.26. The van der Waals surface area contributed by atoms with Gasteiger partial charge < -0.3 is 0 Å². The minimum Gasteiger partial charge on any atom is -0.293 e. The maximum atomic E-state index is 13.1. The van der Waals surface area contributed by atoms with E-state index >= 15 is 0 Å². The van der Waals surface area contributed by atoms with Crippen LogP contribution in [0.1, 0.15) is 33.4 Å². The first kappa shape index (κ1) is 20.4. The molecule has 3 aromatic carbocycles. The van der Waals surface area contributed by atoms with Crippen LogP contribution in [0.5, 0.6) is 0 Å². The molecule has 3 atom stereocenters. The van der Waals surface area contributed by atoms with E-state index in [9.17, 15) is 14.9 Å². The average Bonchev–Trinajstić information content (AvgIpc) is 2.72. The van der Waals surface area contributed by atoms with E-state index in [-0.39, 0.29) is 10.7 Å². The molecule has 0 fully saturated rings. The topological polar surface area (TPSA) is 60.2 Å². The number of hydrogen-bond acceptors (Lipinski definition) is 3. The lowest BCUT2D eigenvalue weighted by Gasteiger charge is -2.25. The molecule has 0 unspecified atom stereocenters. The number of nitrogens with zero attached hydrogens (tertiary/aromatic N) is 1. The van der Waals surface area contributed by atoms with Gasteiger partial charge in [0.25, 0.3) is 0 Å². The van der Waals surface area contributed by atoms with Gasteiger partial charge >= 0.3 is 0 Å². The Labute approximate surface area is 180 Å². The number of rotatable bonds is 7. The Bertz CT molecular complexity index is 947. The highest BCUT2D eigenvalue weighted by atomic mass is 79.9. The summed E-state index contributed by atoms with van der Waals surface area (Å²) in [6, 6.07) is 23.9. The SMILES string of the molecule is O=C(c1ccc(Br)cc1)[C@@H](Br)[C@H](c1ccccc1)[C@@H](c1ccccc1)[N+](=O)[O-]. The zero-order chi connectivity index (χ0) is 20.1. The number of hydrogen-bond donors (Lipinski definition) is 0. The van der Waals surface area contributed by atoms with Crippen LogP contribution in [0.4, 0.5) is 0 Å². The summed E-state index contributed by atoms with van der Waals surface area (Å²) >= 11 is 6.86. The highest BCUT2D eigenvalue weighted by Crippen LogP contribution is 2.40. The fourth-order valence-corrected chi connectivity index (χ4v) is 4.36. The number of ketones is 1. The second-order valence-electron chi connectivity index (χ2n) is 6.35. The van der Waals surface area contributed by atoms with Crippen LogP contribution >= 0.6 is 31.9 Å². The molecule has 0 aromatic heterocycles. The zero-order valence-corrected chi connectivity index (χ0v) is 17.9. The monoisotopic (exact) mass is 501 g/mol. The third-order valence-electron chi connectivity index (χ3n) is 4.59. The molecular formula is C22H17Br2NO3. The van der Waals surface area contributed by atoms with Crippen molar-refractivity contribution in [3.63, 3.8) is 0 Å². The number of nitro groups is 1. The molecule has 0 spiro atoms. The summed E-state index contributed by atoms with van der Waals surface area (Å²) in [6.45, 7) is 0. The Balaban J connectivity index is 2.07. The molecule has 28 heavy (non-hydrogen) atoms. The minimum atomic E-state index is -1.06. The van der Waals surface area contributed by atoms with Crippen molar-refractivity contribution in [2.45, 2.75) is 16.8 Å². The van der Waals surface area contributed by atoms with Crippen molar-refractivity contribution in [1.29, 1.82) is 0 Å². The van der Waals surface area contributed by atoms with E-state index in [4.69, 9.17) is 0 Å². The predicted molar refractivity (Wildman–Crippen MR) is 117 cm³/mol. The van der Waals surface area contributed by atoms with Crippen molar-refractivity contribution in [3.8, 4) is 0 Å². The van der Waals surface area contributed by atoms with Gasteiger partial charge in [-0.1, -0.05) is 105 Å². The number of carbonyl (C=O) groups excluding carboxylic acids is 1. The van der Waals surface area contributed by atoms with Crippen molar-refractivity contribution in [2.24, 2.45) is 0 Å². The standard InChI is InChI=1S/C22H17Br2NO3/c23-18-13-11-17(12-14-18)22(26)20(24)19(15-7-3-1-4-8-15)21(25(27)28)16-9-5-2-6-10-16/h1-14,19-21H/t19-,20-,21+/m0/s1. The molecule has 0 N–H and O–H groups in total. The van der Waals surface area contributed by atoms with Crippen LogP contribution in [0.25, 0.3) is 0 Å². The molecule has 6 heteroatoms. The van der Waals surface area contributed by atoms with Crippen molar-refractivity contribution in [3.05, 3.63) is 116 Å². The second-order valence-corrected chi connectivity index (χ2v) is 8.25. The van der Waals surface area contributed by atoms with Crippen LogP contribution < -0.4 is 0 Å². The first-order valence-corrected chi connectivity index (χ1v) is 10.4. The van der Waals surface area contributed by atoms with Crippen LogP contribution in [-0.4, -0.2) is 15.5 Å². The molecule has 0 heterocycles. The summed E-state index contributed by atoms with van der Waals surface area (Å²) in [6.07, 6.45) is 0. The molecule has 0 amide bonds. The molecule has 0 radical (unpaired) electrons. The Morgan fingerprint density at radius 2 is 1.32 bits per heavy atom. The quantitative estimate of drug-likeness (QED) is 0.167. The van der Waals surface area contributed by atoms with Crippen molar-refractivity contribution >= 4 is 37.6 Å². The van der Waals surface area contributed by atoms with E-state index in [1.54, 1.807) is 48.5 Å². The maximum Gasteiger partial charge on any atom is 0.246 e. The van der Waals surface area contributed by atoms with E-state index in [2.05, 4.69) is 31.9 Å². The summed E-state index contributed by atoms with van der Waals surface area (Å²) in [5.74, 6) is -0.862. The largest absolute Gasteiger partial charge is 0.293 e. The first-order valence-electron chi connectivity index (χ1n) is 8.66. The van der Waals surface area contributed by atoms with E-state index in [0.29, 0.717) is 11.1 Å². The molecule has 4 nitrogen and oxygen atoms in total. The average molecular weight is 503 g/mol. The first-order chi connectivity index (χ1) is 13.5. The Kier molecular flexibility index (Phi) is 6.75. The number of benzene rings is 3. The van der Waals surface area contributed by atoms with E-state index < -0.39 is 16.8 Å². The zero-order valence-electron chi connectivity index (χ0n) is 14.7. The van der Waals surface area contributed by atoms with Crippen LogP contribution in [0.15, 0.2) is 89.4 Å². The van der Waals surface area contributed by atoms with Gasteiger partial charge in [-0.15, -0.1) is 0 Å². The molecular weight excluding hydrogens is 486 g/mol. The fraction of sp³-hybridized carbons (Fsp3) is 0.136. The van der Waals surface area contributed by atoms with Gasteiger partial charge in [-0.25, -0.2) is 0 Å². The fourth-order valence-electron chi connectivity index (χ4n) is 3.23. The van der Waals surface area contributed by atoms with E-state index in [0.717, 1.165) is 10.0 Å². The van der Waals surface area contributed by atoms with Gasteiger partial charge in [0.05, 0.1) is 10.7 Å². The molecule has 0 aliphatic carbocycles. The molecule has 0 aliphatic heterocycles. The Hall–Kier alpha value is -2.31. The number of carbonyl (C=O) groups is 1. The lowest BCUT2D eigenvalue weighted by atomic mass is 9.82. The van der Waals surface area contributed by atoms with Gasteiger partial charge in [0, 0.05) is 20.5 Å². The molecule has 0 bridgehead atoms. The van der Waals surface area contributed by atoms with Gasteiger partial charge in [0.1, 0.15) is 0 Å². The summed E-state index contributed by atoms with van der Waals surface area (Å²) in [7, 11) is 0. The van der Waals surface area contributed by atoms with Gasteiger partial charge in [0.2, 0.25) is 6.04 Å². The predicted octanol–water partition coefficient (Wildman–Crippen LogP) is 6.20. The highest BCUT2D eigenvalue weighted by molar-refractivity contribution is 9.10. The van der Waals surface area contributed by atoms with Gasteiger partial charge in [-0.2, -0.15) is 0 Å². The Morgan fingerprint density at radius 3 is 1.82 bits per heavy atom. The lowest BCUT2D eigenvalue weighted by Crippen LogP contribution is -2.31. The van der Waals surface area contributed by atoms with Gasteiger partial charge in [-0.3, -0.25) is 14.9 Å². The maximum absolute atomic E-state index is 13.1. The van der Waals surface area contributed by atoms with Gasteiger partial charge in [-0.05, 0) is 17.7 Å². The molecule has 0 aliphatic rings. The van der Waals surface area contributed by atoms with E-state index in [1.807, 2.05) is 36.4 Å². The third kappa shape index (κ3) is 4.56. The normalized spacial score (nSPS) is 14.1. The smallest absolute Gasteiger partial charge is 0.246 e. The summed E-state index contributed by atoms with van der Waals surface area (Å²) in [4.78, 5) is 24.2. The number of Topliss-reactive ketones (excluding diaryl/α,β-unsaturated/α-hetero) is 1. The molecule has 0 saturated carbocycles. The Morgan fingerprint density at radius 1 is 0.821 bits per heavy atom. The van der Waals surface area contributed by atoms with Crippen molar-refractivity contribution in [2.75, 3.05) is 0 Å². The summed E-state index contributed by atoms with van der Waals surface area (Å²) in [5, 5.41) is 12.1. The number of halogens is 2. The van der Waals surface area contributed by atoms with Crippen LogP contribution in [0.2, 0.25) is 0 Å². The molecule has 3 rings (SSSR count). The van der Waals surface area contributed by atoms with Crippen LogP contribution in [0.3, 0.4) is 0 Å². The highest BCUT2D eigenvalue weighted by Gasteiger charge is 2.42. The van der Waals surface area contributed by atoms with Crippen molar-refractivity contribution in [1.82, 2.24) is 0 Å². The van der Waals surface area contributed by atoms with Crippen molar-refractivity contribution < 1.29 is 9.72 Å². The van der Waals surface area contributed by atoms with Gasteiger partial charge in [0.15, 0.2) is 5.78 Å². The lowest BCUT2D eigenvalue weighted by molar-refractivity contribution is -0.533. The van der Waals surface area contributed by atoms with Crippen LogP contribution in [0, 0.1) is 10.1 Å². The summed E-state index contributed by atoms with van der Waals surface area (Å²) in [5.41, 5.74) is 1.80. The molecule has 0 saturated heterocycles. The summed E-state index contributed by atoms with van der Waals surface area (Å²) < 4.78 is 0.863. The van der Waals surface area contributed by atoms with Crippen LogP contribution in [-0.2, 0) is 0 Å². The molecule has 142 valence electrons. The number of alkyl halides is 1. The van der Waals surface area contributed by atoms with E-state index in [1.165, 1.54) is 0 Å². The minimum absolute atomic E-state index is 0.191.